The number of ether oxygens (including phenoxy) is 9. The van der Waals surface area contributed by atoms with E-state index in [1.165, 1.54) is 5.57 Å². The van der Waals surface area contributed by atoms with Crippen molar-refractivity contribution in [3.8, 4) is 0 Å². The Morgan fingerprint density at radius 2 is 1.53 bits per heavy atom. The first-order chi connectivity index (χ1) is 24.6. The second kappa shape index (κ2) is 14.1. The van der Waals surface area contributed by atoms with Gasteiger partial charge in [0.05, 0.1) is 67.6 Å². The van der Waals surface area contributed by atoms with Crippen LogP contribution in [-0.4, -0.2) is 111 Å². The molecule has 9 aliphatic rings. The number of epoxide rings is 1. The summed E-state index contributed by atoms with van der Waals surface area (Å²) in [6, 6.07) is 0. The Morgan fingerprint density at radius 1 is 0.745 bits per heavy atom. The van der Waals surface area contributed by atoms with Gasteiger partial charge in [-0.3, -0.25) is 4.79 Å². The standard InChI is InChI=1S/C41H60O10/c1-21-14-26-6-8-31-22(2)15-28(45-31)10-12-41-13-11-33(50-41)38-39(43-5)40(51-41)37-32(49-38)9-7-27(47-37)16-25(42)17-30-24(4)34(18-29-20-44-29)48-36(30)19-35(46-26)23(21)3/h21,24,26-40H,2-3,6-20H2,1,4-5H3/t21-,24-,26+,27-,28+,29+,30?,31?,32+,33+,34-,35?,36+,37+,38+,39-,40+,41+/m1/s1. The van der Waals surface area contributed by atoms with Crippen molar-refractivity contribution >= 4 is 5.78 Å². The van der Waals surface area contributed by atoms with Crippen molar-refractivity contribution in [2.45, 2.75) is 195 Å². The number of hydrogen-bond acceptors (Lipinski definition) is 10. The Labute approximate surface area is 303 Å². The summed E-state index contributed by atoms with van der Waals surface area (Å²) in [5, 5.41) is 0. The van der Waals surface area contributed by atoms with Crippen molar-refractivity contribution in [2.24, 2.45) is 17.8 Å². The minimum atomic E-state index is -0.732. The molecule has 1 spiro atoms. The van der Waals surface area contributed by atoms with Gasteiger partial charge in [-0.25, -0.2) is 0 Å². The van der Waals surface area contributed by atoms with Gasteiger partial charge in [0.15, 0.2) is 5.79 Å². The predicted molar refractivity (Wildman–Crippen MR) is 186 cm³/mol. The van der Waals surface area contributed by atoms with Crippen LogP contribution in [0.15, 0.2) is 24.3 Å². The van der Waals surface area contributed by atoms with E-state index < -0.39 is 5.79 Å². The molecule has 9 heterocycles. The molecule has 9 fully saturated rings. The molecule has 0 amide bonds. The quantitative estimate of drug-likeness (QED) is 0.265. The molecular weight excluding hydrogens is 652 g/mol. The molecule has 10 nitrogen and oxygen atoms in total. The van der Waals surface area contributed by atoms with Crippen LogP contribution in [0, 0.1) is 17.8 Å². The maximum absolute atomic E-state index is 14.0. The zero-order chi connectivity index (χ0) is 35.0. The molecule has 18 atom stereocenters. The predicted octanol–water partition coefficient (Wildman–Crippen LogP) is 5.78. The van der Waals surface area contributed by atoms with Crippen LogP contribution in [0.4, 0.5) is 0 Å². The molecule has 10 bridgehead atoms. The molecule has 0 saturated carbocycles. The molecule has 0 aromatic heterocycles. The number of hydrogen-bond donors (Lipinski definition) is 0. The fraction of sp³-hybridized carbons (Fsp3) is 0.878. The fourth-order valence-corrected chi connectivity index (χ4v) is 11.1. The average Bonchev–Trinajstić information content (AvgIpc) is 3.64. The van der Waals surface area contributed by atoms with Gasteiger partial charge in [0.1, 0.15) is 30.2 Å². The normalized spacial score (nSPS) is 53.0. The van der Waals surface area contributed by atoms with Crippen LogP contribution in [0.3, 0.4) is 0 Å². The van der Waals surface area contributed by atoms with Crippen molar-refractivity contribution < 1.29 is 47.4 Å². The highest BCUT2D eigenvalue weighted by Crippen LogP contribution is 2.50. The number of methoxy groups -OCH3 is 1. The Balaban J connectivity index is 0.987. The van der Waals surface area contributed by atoms with E-state index in [0.29, 0.717) is 18.8 Å². The monoisotopic (exact) mass is 712 g/mol. The number of fused-ring (bicyclic) bond motifs is 9. The summed E-state index contributed by atoms with van der Waals surface area (Å²) in [6.07, 6.45) is 9.77. The summed E-state index contributed by atoms with van der Waals surface area (Å²) in [5.74, 6) is 0.203. The third-order valence-electron chi connectivity index (χ3n) is 14.2. The Kier molecular flexibility index (Phi) is 9.84. The third-order valence-corrected chi connectivity index (χ3v) is 14.2. The van der Waals surface area contributed by atoms with E-state index in [1.54, 1.807) is 7.11 Å². The van der Waals surface area contributed by atoms with E-state index in [0.717, 1.165) is 89.2 Å². The molecule has 0 radical (unpaired) electrons. The average molecular weight is 713 g/mol. The molecule has 9 rings (SSSR count). The lowest BCUT2D eigenvalue weighted by atomic mass is 9.79. The van der Waals surface area contributed by atoms with Gasteiger partial charge in [-0.05, 0) is 80.3 Å². The molecule has 0 aromatic rings. The Morgan fingerprint density at radius 3 is 2.35 bits per heavy atom. The molecule has 0 N–H and O–H groups in total. The van der Waals surface area contributed by atoms with Gasteiger partial charge in [-0.15, -0.1) is 0 Å². The van der Waals surface area contributed by atoms with Crippen molar-refractivity contribution in [3.05, 3.63) is 24.3 Å². The lowest BCUT2D eigenvalue weighted by molar-refractivity contribution is -0.302. The Bertz CT molecular complexity index is 1330. The highest BCUT2D eigenvalue weighted by atomic mass is 16.7. The van der Waals surface area contributed by atoms with Gasteiger partial charge < -0.3 is 42.6 Å². The summed E-state index contributed by atoms with van der Waals surface area (Å²) in [6.45, 7) is 14.3. The first kappa shape index (κ1) is 35.5. The third kappa shape index (κ3) is 6.97. The highest BCUT2D eigenvalue weighted by Gasteiger charge is 2.61. The van der Waals surface area contributed by atoms with Gasteiger partial charge in [0, 0.05) is 45.6 Å². The van der Waals surface area contributed by atoms with Crippen LogP contribution in [0.1, 0.15) is 104 Å². The van der Waals surface area contributed by atoms with Gasteiger partial charge >= 0.3 is 0 Å². The highest BCUT2D eigenvalue weighted by molar-refractivity contribution is 5.79. The minimum absolute atomic E-state index is 0.0266. The maximum atomic E-state index is 14.0. The van der Waals surface area contributed by atoms with E-state index in [1.807, 2.05) is 0 Å². The maximum Gasteiger partial charge on any atom is 0.169 e. The largest absolute Gasteiger partial charge is 0.376 e. The van der Waals surface area contributed by atoms with Crippen LogP contribution in [-0.2, 0) is 47.4 Å². The number of rotatable bonds is 3. The van der Waals surface area contributed by atoms with Crippen LogP contribution in [0.25, 0.3) is 0 Å². The lowest BCUT2D eigenvalue weighted by Crippen LogP contribution is -2.64. The fourth-order valence-electron chi connectivity index (χ4n) is 11.1. The summed E-state index contributed by atoms with van der Waals surface area (Å²) in [5.41, 5.74) is 2.32. The zero-order valence-corrected chi connectivity index (χ0v) is 30.9. The van der Waals surface area contributed by atoms with Gasteiger partial charge in [0.25, 0.3) is 0 Å². The van der Waals surface area contributed by atoms with E-state index in [4.69, 9.17) is 42.6 Å². The molecule has 9 saturated heterocycles. The minimum Gasteiger partial charge on any atom is -0.376 e. The summed E-state index contributed by atoms with van der Waals surface area (Å²) < 4.78 is 59.5. The van der Waals surface area contributed by atoms with Gasteiger partial charge in [-0.1, -0.05) is 27.0 Å². The van der Waals surface area contributed by atoms with Gasteiger partial charge in [0.2, 0.25) is 0 Å². The molecule has 9 aliphatic heterocycles. The molecule has 51 heavy (non-hydrogen) atoms. The van der Waals surface area contributed by atoms with Crippen LogP contribution in [0.2, 0.25) is 0 Å². The molecule has 284 valence electrons. The van der Waals surface area contributed by atoms with Crippen molar-refractivity contribution in [1.29, 1.82) is 0 Å². The number of Topliss-reactive ketones (excluding diaryl/α,β-unsaturated/α-hetero) is 1. The van der Waals surface area contributed by atoms with E-state index >= 15 is 0 Å². The molecular formula is C41H60O10. The number of carbonyl (C=O) groups excluding carboxylic acids is 1. The van der Waals surface area contributed by atoms with Crippen molar-refractivity contribution in [1.82, 2.24) is 0 Å². The van der Waals surface area contributed by atoms with E-state index in [-0.39, 0.29) is 103 Å². The van der Waals surface area contributed by atoms with E-state index in [2.05, 4.69) is 27.0 Å². The topological polar surface area (TPSA) is 103 Å². The summed E-state index contributed by atoms with van der Waals surface area (Å²) >= 11 is 0. The molecule has 3 unspecified atom stereocenters. The summed E-state index contributed by atoms with van der Waals surface area (Å²) in [7, 11) is 1.74. The molecule has 10 heteroatoms. The smallest absolute Gasteiger partial charge is 0.169 e. The van der Waals surface area contributed by atoms with Crippen molar-refractivity contribution in [2.75, 3.05) is 13.7 Å². The summed E-state index contributed by atoms with van der Waals surface area (Å²) in [4.78, 5) is 14.0. The first-order valence-electron chi connectivity index (χ1n) is 20.3. The van der Waals surface area contributed by atoms with Gasteiger partial charge in [-0.2, -0.15) is 0 Å². The SMILES string of the molecule is C=C1C[C@@H]2CC[C@]34CC[C@H](O3)[C@@H]3O[C@H]5CC[C@H](CC(=O)CC6[C@H](CC7O[C@@H](CCC1O2)C[C@@H](C)C7=C)O[C@H](C[C@H]1CO1)[C@@H]6C)O[C@@H]5[C@H](O4)[C@@H]3OC. The van der Waals surface area contributed by atoms with Crippen LogP contribution in [0.5, 0.6) is 0 Å². The second-order valence-corrected chi connectivity index (χ2v) is 17.6. The zero-order valence-electron chi connectivity index (χ0n) is 30.9. The van der Waals surface area contributed by atoms with Crippen LogP contribution >= 0.6 is 0 Å². The lowest BCUT2D eigenvalue weighted by Gasteiger charge is -2.50. The van der Waals surface area contributed by atoms with Crippen molar-refractivity contribution in [3.63, 3.8) is 0 Å². The number of carbonyl (C=O) groups is 1. The molecule has 0 aromatic carbocycles. The second-order valence-electron chi connectivity index (χ2n) is 17.6. The van der Waals surface area contributed by atoms with Crippen LogP contribution < -0.4 is 0 Å². The number of ketones is 1. The Hall–Kier alpha value is -1.21. The molecule has 0 aliphatic carbocycles. The van der Waals surface area contributed by atoms with E-state index in [9.17, 15) is 4.79 Å². The first-order valence-corrected chi connectivity index (χ1v) is 20.3.